The number of ether oxygens (including phenoxy) is 1. The highest BCUT2D eigenvalue weighted by molar-refractivity contribution is 7.92. The van der Waals surface area contributed by atoms with Gasteiger partial charge in [-0.1, -0.05) is 54.4 Å². The molecule has 0 heterocycles. The average molecular weight is 586 g/mol. The van der Waals surface area contributed by atoms with Gasteiger partial charge in [-0.15, -0.1) is 0 Å². The fraction of sp³-hybridized carbons (Fsp3) is 0.333. The van der Waals surface area contributed by atoms with Crippen LogP contribution in [0.4, 0.5) is 5.69 Å². The van der Waals surface area contributed by atoms with Gasteiger partial charge >= 0.3 is 0 Å². The minimum Gasteiger partial charge on any atom is -0.497 e. The Morgan fingerprint density at radius 1 is 1.00 bits per heavy atom. The van der Waals surface area contributed by atoms with Crippen LogP contribution in [0.3, 0.4) is 0 Å². The second kappa shape index (κ2) is 13.7. The zero-order valence-corrected chi connectivity index (χ0v) is 25.0. The van der Waals surface area contributed by atoms with Gasteiger partial charge in [0.15, 0.2) is 0 Å². The van der Waals surface area contributed by atoms with Crippen molar-refractivity contribution in [1.82, 2.24) is 10.2 Å². The molecular formula is C30H36ClN3O5S. The molecule has 3 rings (SSSR count). The first-order chi connectivity index (χ1) is 19.0. The van der Waals surface area contributed by atoms with E-state index in [-0.39, 0.29) is 29.1 Å². The Morgan fingerprint density at radius 3 is 2.30 bits per heavy atom. The van der Waals surface area contributed by atoms with Gasteiger partial charge in [0.1, 0.15) is 18.3 Å². The van der Waals surface area contributed by atoms with Crippen LogP contribution in [0.1, 0.15) is 38.3 Å². The summed E-state index contributed by atoms with van der Waals surface area (Å²) in [4.78, 5) is 28.5. The van der Waals surface area contributed by atoms with Crippen LogP contribution < -0.4 is 14.4 Å². The Balaban J connectivity index is 2.03. The molecule has 2 atom stereocenters. The number of carbonyl (C=O) groups is 2. The molecule has 40 heavy (non-hydrogen) atoms. The molecule has 214 valence electrons. The molecule has 3 aromatic carbocycles. The van der Waals surface area contributed by atoms with E-state index in [1.54, 1.807) is 62.6 Å². The number of anilines is 1. The zero-order valence-electron chi connectivity index (χ0n) is 23.4. The van der Waals surface area contributed by atoms with Crippen molar-refractivity contribution in [3.63, 3.8) is 0 Å². The molecule has 0 spiro atoms. The molecule has 0 saturated carbocycles. The third-order valence-corrected chi connectivity index (χ3v) is 8.66. The van der Waals surface area contributed by atoms with Crippen molar-refractivity contribution >= 4 is 39.1 Å². The molecule has 10 heteroatoms. The van der Waals surface area contributed by atoms with Crippen LogP contribution in [0.25, 0.3) is 0 Å². The lowest BCUT2D eigenvalue weighted by Crippen LogP contribution is -2.52. The Bertz CT molecular complexity index is 1430. The maximum Gasteiger partial charge on any atom is 0.264 e. The SMILES string of the molecule is CC[C@@H](C)NC(=O)[C@@H](C)N(Cc1cccc(OC)c1)C(=O)CN(c1cccc(Cl)c1)S(=O)(=O)c1ccc(C)cc1. The highest BCUT2D eigenvalue weighted by Gasteiger charge is 2.33. The molecule has 0 unspecified atom stereocenters. The van der Waals surface area contributed by atoms with E-state index in [2.05, 4.69) is 5.32 Å². The van der Waals surface area contributed by atoms with E-state index < -0.39 is 28.5 Å². The van der Waals surface area contributed by atoms with Crippen LogP contribution >= 0.6 is 11.6 Å². The van der Waals surface area contributed by atoms with Crippen molar-refractivity contribution in [2.45, 2.75) is 57.6 Å². The van der Waals surface area contributed by atoms with Gasteiger partial charge in [0.25, 0.3) is 10.0 Å². The number of aryl methyl sites for hydroxylation is 1. The van der Waals surface area contributed by atoms with Gasteiger partial charge in [-0.2, -0.15) is 0 Å². The first kappa shape index (κ1) is 31.0. The lowest BCUT2D eigenvalue weighted by molar-refractivity contribution is -0.139. The summed E-state index contributed by atoms with van der Waals surface area (Å²) in [7, 11) is -2.62. The number of benzene rings is 3. The second-order valence-corrected chi connectivity index (χ2v) is 12.0. The molecule has 0 bridgehead atoms. The molecule has 0 aromatic heterocycles. The lowest BCUT2D eigenvalue weighted by atomic mass is 10.1. The van der Waals surface area contributed by atoms with Crippen LogP contribution in [0.5, 0.6) is 5.75 Å². The summed E-state index contributed by atoms with van der Waals surface area (Å²) in [6.45, 7) is 6.85. The Labute approximate surface area is 241 Å². The summed E-state index contributed by atoms with van der Waals surface area (Å²) < 4.78 is 34.1. The fourth-order valence-corrected chi connectivity index (χ4v) is 5.60. The molecular weight excluding hydrogens is 550 g/mol. The average Bonchev–Trinajstić information content (AvgIpc) is 2.94. The number of carbonyl (C=O) groups excluding carboxylic acids is 2. The maximum absolute atomic E-state index is 14.0. The van der Waals surface area contributed by atoms with Gasteiger partial charge in [0, 0.05) is 17.6 Å². The molecule has 0 aliphatic rings. The third-order valence-electron chi connectivity index (χ3n) is 6.64. The van der Waals surface area contributed by atoms with Crippen molar-refractivity contribution in [3.8, 4) is 5.75 Å². The largest absolute Gasteiger partial charge is 0.497 e. The van der Waals surface area contributed by atoms with E-state index in [1.807, 2.05) is 26.8 Å². The van der Waals surface area contributed by atoms with Crippen LogP contribution in [-0.4, -0.2) is 50.9 Å². The molecule has 0 saturated heterocycles. The normalized spacial score (nSPS) is 12.8. The quantitative estimate of drug-likeness (QED) is 0.316. The molecule has 8 nitrogen and oxygen atoms in total. The van der Waals surface area contributed by atoms with E-state index in [1.165, 1.54) is 23.1 Å². The standard InChI is InChI=1S/C30H36ClN3O5S/c1-6-22(3)32-30(36)23(4)33(19-24-9-7-12-27(17-24)39-5)29(35)20-34(26-11-8-10-25(31)18-26)40(37,38)28-15-13-21(2)14-16-28/h7-18,22-23H,6,19-20H2,1-5H3,(H,32,36)/t22-,23-/m1/s1. The lowest BCUT2D eigenvalue weighted by Gasteiger charge is -2.32. The van der Waals surface area contributed by atoms with Crippen LogP contribution in [0.2, 0.25) is 5.02 Å². The summed E-state index contributed by atoms with van der Waals surface area (Å²) >= 11 is 6.21. The van der Waals surface area contributed by atoms with Crippen LogP contribution in [0.15, 0.2) is 77.7 Å². The zero-order chi connectivity index (χ0) is 29.4. The van der Waals surface area contributed by atoms with E-state index >= 15 is 0 Å². The smallest absolute Gasteiger partial charge is 0.264 e. The summed E-state index contributed by atoms with van der Waals surface area (Å²) in [6, 6.07) is 18.9. The van der Waals surface area contributed by atoms with Gasteiger partial charge in [0.2, 0.25) is 11.8 Å². The number of hydrogen-bond donors (Lipinski definition) is 1. The van der Waals surface area contributed by atoms with E-state index in [0.29, 0.717) is 10.8 Å². The Morgan fingerprint density at radius 2 is 1.68 bits per heavy atom. The molecule has 0 aliphatic heterocycles. The minimum absolute atomic E-state index is 0.0350. The van der Waals surface area contributed by atoms with E-state index in [9.17, 15) is 18.0 Å². The first-order valence-electron chi connectivity index (χ1n) is 13.0. The van der Waals surface area contributed by atoms with Crippen LogP contribution in [0, 0.1) is 6.92 Å². The third kappa shape index (κ3) is 7.76. The number of hydrogen-bond acceptors (Lipinski definition) is 5. The number of nitrogens with zero attached hydrogens (tertiary/aromatic N) is 2. The predicted molar refractivity (Wildman–Crippen MR) is 158 cm³/mol. The highest BCUT2D eigenvalue weighted by atomic mass is 35.5. The van der Waals surface area contributed by atoms with Gasteiger partial charge in [-0.25, -0.2) is 8.42 Å². The second-order valence-electron chi connectivity index (χ2n) is 9.67. The topological polar surface area (TPSA) is 96.0 Å². The van der Waals surface area contributed by atoms with E-state index in [4.69, 9.17) is 16.3 Å². The van der Waals surface area contributed by atoms with Gasteiger partial charge in [0.05, 0.1) is 17.7 Å². The molecule has 1 N–H and O–H groups in total. The fourth-order valence-electron chi connectivity index (χ4n) is 4.01. The maximum atomic E-state index is 14.0. The molecule has 0 aliphatic carbocycles. The van der Waals surface area contributed by atoms with Crippen molar-refractivity contribution in [1.29, 1.82) is 0 Å². The minimum atomic E-state index is -4.16. The summed E-state index contributed by atoms with van der Waals surface area (Å²) in [5, 5.41) is 3.24. The summed E-state index contributed by atoms with van der Waals surface area (Å²) in [6.07, 6.45) is 0.722. The van der Waals surface area contributed by atoms with Gasteiger partial charge in [-0.05, 0) is 75.2 Å². The number of amides is 2. The first-order valence-corrected chi connectivity index (χ1v) is 14.9. The van der Waals surface area contributed by atoms with Crippen LogP contribution in [-0.2, 0) is 26.2 Å². The van der Waals surface area contributed by atoms with Crippen molar-refractivity contribution < 1.29 is 22.7 Å². The van der Waals surface area contributed by atoms with Gasteiger partial charge < -0.3 is 15.0 Å². The predicted octanol–water partition coefficient (Wildman–Crippen LogP) is 5.18. The molecule has 3 aromatic rings. The monoisotopic (exact) mass is 585 g/mol. The number of nitrogens with one attached hydrogen (secondary N) is 1. The molecule has 0 radical (unpaired) electrons. The number of sulfonamides is 1. The van der Waals surface area contributed by atoms with Crippen molar-refractivity contribution in [2.75, 3.05) is 18.0 Å². The van der Waals surface area contributed by atoms with Crippen molar-refractivity contribution in [2.24, 2.45) is 0 Å². The molecule has 2 amide bonds. The summed E-state index contributed by atoms with van der Waals surface area (Å²) in [5.74, 6) is -0.282. The number of halogens is 1. The van der Waals surface area contributed by atoms with Gasteiger partial charge in [-0.3, -0.25) is 13.9 Å². The van der Waals surface area contributed by atoms with Crippen molar-refractivity contribution in [3.05, 3.63) is 88.9 Å². The van der Waals surface area contributed by atoms with E-state index in [0.717, 1.165) is 21.9 Å². The number of methoxy groups -OCH3 is 1. The Hall–Kier alpha value is -3.56. The summed E-state index contributed by atoms with van der Waals surface area (Å²) in [5.41, 5.74) is 1.86. The number of rotatable bonds is 12. The molecule has 0 fully saturated rings. The highest BCUT2D eigenvalue weighted by Crippen LogP contribution is 2.27. The Kier molecular flexibility index (Phi) is 10.6.